The van der Waals surface area contributed by atoms with Crippen LogP contribution in [0.3, 0.4) is 0 Å². The number of ether oxygens (including phenoxy) is 5. The van der Waals surface area contributed by atoms with Crippen LogP contribution in [0.25, 0.3) is 0 Å². The largest absolute Gasteiger partial charge is 0.492 e. The van der Waals surface area contributed by atoms with Crippen molar-refractivity contribution < 1.29 is 33.3 Å². The molecular weight excluding hydrogens is 472 g/mol. The van der Waals surface area contributed by atoms with Gasteiger partial charge >= 0.3 is 11.9 Å². The van der Waals surface area contributed by atoms with E-state index >= 15 is 0 Å². The van der Waals surface area contributed by atoms with Gasteiger partial charge < -0.3 is 23.7 Å². The van der Waals surface area contributed by atoms with Gasteiger partial charge in [0.2, 0.25) is 0 Å². The number of para-hydroxylation sites is 2. The second-order valence-electron chi connectivity index (χ2n) is 10.4. The van der Waals surface area contributed by atoms with Gasteiger partial charge in [-0.3, -0.25) is 0 Å². The predicted octanol–water partition coefficient (Wildman–Crippen LogP) is 6.88. The molecule has 0 saturated carbocycles. The van der Waals surface area contributed by atoms with Crippen LogP contribution in [-0.4, -0.2) is 36.4 Å². The molecule has 200 valence electrons. The van der Waals surface area contributed by atoms with E-state index in [1.54, 1.807) is 48.5 Å². The average molecular weight is 511 g/mol. The van der Waals surface area contributed by atoms with Crippen molar-refractivity contribution in [2.75, 3.05) is 13.2 Å². The second-order valence-corrected chi connectivity index (χ2v) is 10.4. The molecule has 0 aromatic heterocycles. The van der Waals surface area contributed by atoms with E-state index in [1.807, 2.05) is 41.5 Å². The van der Waals surface area contributed by atoms with E-state index in [2.05, 4.69) is 13.2 Å². The van der Waals surface area contributed by atoms with Crippen LogP contribution < -0.4 is 9.47 Å². The van der Waals surface area contributed by atoms with Gasteiger partial charge in [-0.15, -0.1) is 0 Å². The Morgan fingerprint density at radius 1 is 0.649 bits per heavy atom. The van der Waals surface area contributed by atoms with Crippen molar-refractivity contribution in [3.05, 3.63) is 84.3 Å². The van der Waals surface area contributed by atoms with Gasteiger partial charge in [-0.05, 0) is 65.8 Å². The Bertz CT molecular complexity index is 1020. The lowest BCUT2D eigenvalue weighted by atomic mass is 10.1. The number of carbonyl (C=O) groups excluding carboxylic acids is 2. The molecule has 2 aromatic carbocycles. The molecule has 7 nitrogen and oxygen atoms in total. The Morgan fingerprint density at radius 2 is 1.00 bits per heavy atom. The lowest BCUT2D eigenvalue weighted by Crippen LogP contribution is -2.24. The van der Waals surface area contributed by atoms with Gasteiger partial charge in [0, 0.05) is 12.8 Å². The topological polar surface area (TPSA) is 80.3 Å². The fourth-order valence-electron chi connectivity index (χ4n) is 3.04. The summed E-state index contributed by atoms with van der Waals surface area (Å²) in [4.78, 5) is 24.9. The van der Waals surface area contributed by atoms with Crippen LogP contribution in [0.2, 0.25) is 0 Å². The van der Waals surface area contributed by atoms with Gasteiger partial charge in [0.05, 0.1) is 24.7 Å². The Labute approximate surface area is 220 Å². The highest BCUT2D eigenvalue weighted by molar-refractivity contribution is 5.93. The van der Waals surface area contributed by atoms with Crippen LogP contribution in [0.15, 0.2) is 73.2 Å². The van der Waals surface area contributed by atoms with Crippen molar-refractivity contribution in [1.29, 1.82) is 0 Å². The smallest absolute Gasteiger partial charge is 0.342 e. The maximum absolute atomic E-state index is 12.5. The van der Waals surface area contributed by atoms with Crippen LogP contribution in [0.1, 0.15) is 75.1 Å². The molecule has 0 bridgehead atoms. The lowest BCUT2D eigenvalue weighted by molar-refractivity contribution is 0.00529. The molecule has 0 heterocycles. The summed E-state index contributed by atoms with van der Waals surface area (Å²) in [6, 6.07) is 13.9. The van der Waals surface area contributed by atoms with E-state index in [0.717, 1.165) is 0 Å². The monoisotopic (exact) mass is 510 g/mol. The number of rotatable bonds is 12. The minimum absolute atomic E-state index is 0.256. The Kier molecular flexibility index (Phi) is 10.4. The molecule has 0 spiro atoms. The van der Waals surface area contributed by atoms with Crippen molar-refractivity contribution in [2.45, 2.75) is 65.6 Å². The van der Waals surface area contributed by atoms with Gasteiger partial charge in [0.25, 0.3) is 0 Å². The van der Waals surface area contributed by atoms with E-state index in [1.165, 1.54) is 0 Å². The molecule has 37 heavy (non-hydrogen) atoms. The normalized spacial score (nSPS) is 11.3. The van der Waals surface area contributed by atoms with Crippen molar-refractivity contribution in [1.82, 2.24) is 0 Å². The first-order chi connectivity index (χ1) is 17.2. The first-order valence-electron chi connectivity index (χ1n) is 12.2. The molecular formula is C30H38O7. The van der Waals surface area contributed by atoms with E-state index in [9.17, 15) is 9.59 Å². The molecule has 7 heteroatoms. The van der Waals surface area contributed by atoms with E-state index in [0.29, 0.717) is 47.0 Å². The number of hydrogen-bond donors (Lipinski definition) is 0. The van der Waals surface area contributed by atoms with E-state index < -0.39 is 23.1 Å². The highest BCUT2D eigenvalue weighted by atomic mass is 16.6. The van der Waals surface area contributed by atoms with Crippen LogP contribution >= 0.6 is 0 Å². The molecule has 0 saturated heterocycles. The number of carbonyl (C=O) groups is 2. The Morgan fingerprint density at radius 3 is 1.35 bits per heavy atom. The second kappa shape index (κ2) is 13.0. The number of hydrogen-bond acceptors (Lipinski definition) is 7. The summed E-state index contributed by atoms with van der Waals surface area (Å²) in [5.74, 6) is 0.906. The molecule has 0 radical (unpaired) electrons. The zero-order valence-corrected chi connectivity index (χ0v) is 22.7. The Balaban J connectivity index is 1.80. The molecule has 0 aliphatic rings. The Hall–Kier alpha value is -3.74. The van der Waals surface area contributed by atoms with Gasteiger partial charge in [0.1, 0.15) is 33.8 Å². The van der Waals surface area contributed by atoms with E-state index in [4.69, 9.17) is 23.7 Å². The highest BCUT2D eigenvalue weighted by Gasteiger charge is 2.22. The molecule has 0 N–H and O–H groups in total. The summed E-state index contributed by atoms with van der Waals surface area (Å²) in [6.45, 7) is 19.2. The van der Waals surface area contributed by atoms with Crippen LogP contribution in [0.4, 0.5) is 0 Å². The zero-order valence-electron chi connectivity index (χ0n) is 22.7. The summed E-state index contributed by atoms with van der Waals surface area (Å²) >= 11 is 0. The van der Waals surface area contributed by atoms with Crippen molar-refractivity contribution in [3.8, 4) is 11.5 Å². The van der Waals surface area contributed by atoms with Crippen LogP contribution in [-0.2, 0) is 14.2 Å². The predicted molar refractivity (Wildman–Crippen MR) is 143 cm³/mol. The van der Waals surface area contributed by atoms with E-state index in [-0.39, 0.29) is 13.2 Å². The summed E-state index contributed by atoms with van der Waals surface area (Å²) in [7, 11) is 0. The zero-order chi connectivity index (χ0) is 27.6. The molecule has 0 aliphatic heterocycles. The minimum Gasteiger partial charge on any atom is -0.492 e. The third-order valence-corrected chi connectivity index (χ3v) is 4.58. The molecule has 0 atom stereocenters. The fourth-order valence-corrected chi connectivity index (χ4v) is 3.04. The summed E-state index contributed by atoms with van der Waals surface area (Å²) < 4.78 is 28.2. The van der Waals surface area contributed by atoms with Crippen molar-refractivity contribution in [3.63, 3.8) is 0 Å². The molecule has 0 fully saturated rings. The minimum atomic E-state index is -0.603. The molecule has 0 unspecified atom stereocenters. The summed E-state index contributed by atoms with van der Waals surface area (Å²) in [6.07, 6.45) is 0.786. The first kappa shape index (κ1) is 29.5. The fraction of sp³-hybridized carbons (Fsp3) is 0.400. The maximum Gasteiger partial charge on any atom is 0.342 e. The van der Waals surface area contributed by atoms with Gasteiger partial charge in [-0.2, -0.15) is 0 Å². The quantitative estimate of drug-likeness (QED) is 0.227. The molecule has 0 aliphatic carbocycles. The number of benzene rings is 2. The SMILES string of the molecule is C=C(CCOc1ccccc1C(=O)OC(C)(C)C)OC(=C)CCOc1ccccc1C(=O)OC(C)(C)C. The summed E-state index contributed by atoms with van der Waals surface area (Å²) in [5, 5.41) is 0. The van der Waals surface area contributed by atoms with Crippen LogP contribution in [0, 0.1) is 0 Å². The van der Waals surface area contributed by atoms with Crippen molar-refractivity contribution >= 4 is 11.9 Å². The van der Waals surface area contributed by atoms with Gasteiger partial charge in [-0.1, -0.05) is 37.4 Å². The molecule has 2 aromatic rings. The average Bonchev–Trinajstić information content (AvgIpc) is 2.77. The maximum atomic E-state index is 12.5. The highest BCUT2D eigenvalue weighted by Crippen LogP contribution is 2.24. The third-order valence-electron chi connectivity index (χ3n) is 4.58. The van der Waals surface area contributed by atoms with Crippen LogP contribution in [0.5, 0.6) is 11.5 Å². The molecule has 2 rings (SSSR count). The molecule has 0 amide bonds. The van der Waals surface area contributed by atoms with Gasteiger partial charge in [-0.25, -0.2) is 9.59 Å². The first-order valence-corrected chi connectivity index (χ1v) is 12.2. The van der Waals surface area contributed by atoms with Crippen molar-refractivity contribution in [2.24, 2.45) is 0 Å². The standard InChI is InChI=1S/C30H38O7/c1-21(17-19-33-25-15-11-9-13-23(25)27(31)36-29(3,4)5)35-22(2)18-20-34-26-16-12-10-14-24(26)28(32)37-30(6,7)8/h9-16H,1-2,17-20H2,3-8H3. The number of esters is 2. The third kappa shape index (κ3) is 10.8. The van der Waals surface area contributed by atoms with Gasteiger partial charge in [0.15, 0.2) is 0 Å². The summed E-state index contributed by atoms with van der Waals surface area (Å²) in [5.41, 5.74) is -0.489. The lowest BCUT2D eigenvalue weighted by Gasteiger charge is -2.20.